The lowest BCUT2D eigenvalue weighted by molar-refractivity contribution is 0.252. The minimum absolute atomic E-state index is 0.496. The van der Waals surface area contributed by atoms with Crippen molar-refractivity contribution in [2.45, 2.75) is 19.4 Å². The van der Waals surface area contributed by atoms with Crippen LogP contribution < -0.4 is 5.32 Å². The van der Waals surface area contributed by atoms with Gasteiger partial charge in [0.2, 0.25) is 0 Å². The second kappa shape index (κ2) is 5.41. The summed E-state index contributed by atoms with van der Waals surface area (Å²) < 4.78 is 0. The molecule has 0 bridgehead atoms. The second-order valence-corrected chi connectivity index (χ2v) is 4.67. The van der Waals surface area contributed by atoms with E-state index < -0.39 is 0 Å². The van der Waals surface area contributed by atoms with E-state index in [1.165, 1.54) is 25.1 Å². The molecule has 1 aliphatic rings. The summed E-state index contributed by atoms with van der Waals surface area (Å²) in [5, 5.41) is 3.27. The van der Waals surface area contributed by atoms with E-state index in [-0.39, 0.29) is 0 Å². The number of hydrogen-bond acceptors (Lipinski definition) is 3. The van der Waals surface area contributed by atoms with Crippen molar-refractivity contribution in [3.63, 3.8) is 0 Å². The van der Waals surface area contributed by atoms with Gasteiger partial charge in [0, 0.05) is 25.0 Å². The van der Waals surface area contributed by atoms with Crippen molar-refractivity contribution in [2.24, 2.45) is 5.92 Å². The van der Waals surface area contributed by atoms with Crippen LogP contribution in [-0.2, 0) is 0 Å². The van der Waals surface area contributed by atoms with E-state index in [1.54, 1.807) is 0 Å². The fraction of sp³-hybridized carbons (Fsp3) is 0.615. The molecule has 2 heterocycles. The first-order valence-electron chi connectivity index (χ1n) is 6.10. The third-order valence-corrected chi connectivity index (χ3v) is 3.52. The van der Waals surface area contributed by atoms with Crippen molar-refractivity contribution in [2.75, 3.05) is 26.7 Å². The lowest BCUT2D eigenvalue weighted by Gasteiger charge is -2.24. The van der Waals surface area contributed by atoms with Crippen LogP contribution in [0.5, 0.6) is 0 Å². The maximum Gasteiger partial charge on any atom is 0.0335 e. The largest absolute Gasteiger partial charge is 0.319 e. The molecule has 1 N–H and O–H groups in total. The van der Waals surface area contributed by atoms with Gasteiger partial charge in [0.15, 0.2) is 0 Å². The van der Waals surface area contributed by atoms with Crippen LogP contribution in [0.4, 0.5) is 0 Å². The highest BCUT2D eigenvalue weighted by atomic mass is 15.2. The van der Waals surface area contributed by atoms with E-state index in [2.05, 4.69) is 28.2 Å². The molecule has 16 heavy (non-hydrogen) atoms. The van der Waals surface area contributed by atoms with Crippen molar-refractivity contribution in [3.8, 4) is 0 Å². The zero-order valence-corrected chi connectivity index (χ0v) is 10.2. The van der Waals surface area contributed by atoms with E-state index in [4.69, 9.17) is 0 Å². The molecule has 0 spiro atoms. The number of nitrogens with zero attached hydrogens (tertiary/aromatic N) is 2. The summed E-state index contributed by atoms with van der Waals surface area (Å²) in [5.41, 5.74) is 1.33. The van der Waals surface area contributed by atoms with Gasteiger partial charge in [-0.25, -0.2) is 0 Å². The Balaban J connectivity index is 1.94. The Hall–Kier alpha value is -0.930. The summed E-state index contributed by atoms with van der Waals surface area (Å²) in [6.07, 6.45) is 5.13. The van der Waals surface area contributed by atoms with Crippen LogP contribution in [0.15, 0.2) is 24.5 Å². The van der Waals surface area contributed by atoms with Crippen molar-refractivity contribution in [3.05, 3.63) is 30.1 Å². The Bertz CT molecular complexity index is 312. The van der Waals surface area contributed by atoms with E-state index in [0.717, 1.165) is 12.5 Å². The number of pyridine rings is 1. The van der Waals surface area contributed by atoms with Gasteiger partial charge in [0.05, 0.1) is 0 Å². The highest BCUT2D eigenvalue weighted by molar-refractivity contribution is 5.13. The summed E-state index contributed by atoms with van der Waals surface area (Å²) in [6, 6.07) is 4.69. The van der Waals surface area contributed by atoms with Crippen LogP contribution in [0.3, 0.4) is 0 Å². The molecule has 3 nitrogen and oxygen atoms in total. The van der Waals surface area contributed by atoms with Gasteiger partial charge in [0.25, 0.3) is 0 Å². The fourth-order valence-corrected chi connectivity index (χ4v) is 2.50. The molecule has 0 aliphatic carbocycles. The van der Waals surface area contributed by atoms with E-state index in [1.807, 2.05) is 25.5 Å². The lowest BCUT2D eigenvalue weighted by Crippen LogP contribution is -2.27. The van der Waals surface area contributed by atoms with Crippen LogP contribution in [0.2, 0.25) is 0 Å². The molecular weight excluding hydrogens is 198 g/mol. The Morgan fingerprint density at radius 2 is 2.50 bits per heavy atom. The highest BCUT2D eigenvalue weighted by Crippen LogP contribution is 2.26. The first-order valence-corrected chi connectivity index (χ1v) is 6.10. The normalized spacial score (nSPS) is 23.5. The first-order chi connectivity index (χ1) is 7.81. The SMILES string of the molecule is CNCC1CCN(C(C)c2cccnc2)C1. The number of hydrogen-bond donors (Lipinski definition) is 1. The van der Waals surface area contributed by atoms with Crippen LogP contribution in [0.1, 0.15) is 24.9 Å². The lowest BCUT2D eigenvalue weighted by atomic mass is 10.1. The fourth-order valence-electron chi connectivity index (χ4n) is 2.50. The van der Waals surface area contributed by atoms with Crippen molar-refractivity contribution in [1.82, 2.24) is 15.2 Å². The Morgan fingerprint density at radius 1 is 1.62 bits per heavy atom. The van der Waals surface area contributed by atoms with Crippen molar-refractivity contribution in [1.29, 1.82) is 0 Å². The zero-order valence-electron chi connectivity index (χ0n) is 10.2. The molecule has 1 aromatic rings. The van der Waals surface area contributed by atoms with Crippen LogP contribution >= 0.6 is 0 Å². The summed E-state index contributed by atoms with van der Waals surface area (Å²) >= 11 is 0. The zero-order chi connectivity index (χ0) is 11.4. The van der Waals surface area contributed by atoms with Crippen LogP contribution in [-0.4, -0.2) is 36.6 Å². The van der Waals surface area contributed by atoms with E-state index >= 15 is 0 Å². The predicted molar refractivity (Wildman–Crippen MR) is 66.3 cm³/mol. The standard InChI is InChI=1S/C13H21N3/c1-11(13-4-3-6-15-9-13)16-7-5-12(10-16)8-14-2/h3-4,6,9,11-12,14H,5,7-8,10H2,1-2H3. The molecule has 0 amide bonds. The Morgan fingerprint density at radius 3 is 3.19 bits per heavy atom. The highest BCUT2D eigenvalue weighted by Gasteiger charge is 2.26. The summed E-state index contributed by atoms with van der Waals surface area (Å²) in [6.45, 7) is 5.83. The van der Waals surface area contributed by atoms with Crippen LogP contribution in [0.25, 0.3) is 0 Å². The van der Waals surface area contributed by atoms with Gasteiger partial charge in [-0.15, -0.1) is 0 Å². The molecule has 1 saturated heterocycles. The summed E-state index contributed by atoms with van der Waals surface area (Å²) in [7, 11) is 2.03. The van der Waals surface area contributed by atoms with E-state index in [0.29, 0.717) is 6.04 Å². The van der Waals surface area contributed by atoms with Gasteiger partial charge < -0.3 is 5.32 Å². The quantitative estimate of drug-likeness (QED) is 0.835. The average molecular weight is 219 g/mol. The molecule has 0 saturated carbocycles. The smallest absolute Gasteiger partial charge is 0.0335 e. The number of rotatable bonds is 4. The van der Waals surface area contributed by atoms with E-state index in [9.17, 15) is 0 Å². The average Bonchev–Trinajstić information content (AvgIpc) is 2.78. The third kappa shape index (κ3) is 2.60. The van der Waals surface area contributed by atoms with Crippen molar-refractivity contribution < 1.29 is 0 Å². The molecule has 0 radical (unpaired) electrons. The predicted octanol–water partition coefficient (Wildman–Crippen LogP) is 1.68. The third-order valence-electron chi connectivity index (χ3n) is 3.52. The van der Waals surface area contributed by atoms with Gasteiger partial charge >= 0.3 is 0 Å². The molecule has 3 heteroatoms. The van der Waals surface area contributed by atoms with Crippen LogP contribution in [0, 0.1) is 5.92 Å². The number of likely N-dealkylation sites (tertiary alicyclic amines) is 1. The van der Waals surface area contributed by atoms with Gasteiger partial charge in [-0.2, -0.15) is 0 Å². The molecule has 1 aromatic heterocycles. The molecule has 2 atom stereocenters. The molecular formula is C13H21N3. The number of nitrogens with one attached hydrogen (secondary N) is 1. The molecule has 1 aliphatic heterocycles. The summed E-state index contributed by atoms with van der Waals surface area (Å²) in [5.74, 6) is 0.809. The van der Waals surface area contributed by atoms with Crippen molar-refractivity contribution >= 4 is 0 Å². The Labute approximate surface area is 97.9 Å². The first kappa shape index (κ1) is 11.6. The number of aromatic nitrogens is 1. The van der Waals surface area contributed by atoms with Gasteiger partial charge in [-0.05, 0) is 51.0 Å². The second-order valence-electron chi connectivity index (χ2n) is 4.67. The minimum Gasteiger partial charge on any atom is -0.319 e. The van der Waals surface area contributed by atoms with Gasteiger partial charge in [-0.1, -0.05) is 6.07 Å². The van der Waals surface area contributed by atoms with Gasteiger partial charge in [-0.3, -0.25) is 9.88 Å². The molecule has 0 aromatic carbocycles. The molecule has 88 valence electrons. The maximum absolute atomic E-state index is 4.19. The summed E-state index contributed by atoms with van der Waals surface area (Å²) in [4.78, 5) is 6.75. The molecule has 2 rings (SSSR count). The van der Waals surface area contributed by atoms with Gasteiger partial charge in [0.1, 0.15) is 0 Å². The maximum atomic E-state index is 4.19. The topological polar surface area (TPSA) is 28.2 Å². The molecule has 1 fully saturated rings. The Kier molecular flexibility index (Phi) is 3.91. The minimum atomic E-state index is 0.496. The molecule has 2 unspecified atom stereocenters. The monoisotopic (exact) mass is 219 g/mol.